The summed E-state index contributed by atoms with van der Waals surface area (Å²) in [4.78, 5) is 11.7. The summed E-state index contributed by atoms with van der Waals surface area (Å²) < 4.78 is 69.2. The topological polar surface area (TPSA) is 112 Å². The van der Waals surface area contributed by atoms with Crippen LogP contribution in [0.1, 0.15) is 77.0 Å². The van der Waals surface area contributed by atoms with Crippen LogP contribution in [0.15, 0.2) is 54.6 Å². The van der Waals surface area contributed by atoms with Gasteiger partial charge < -0.3 is 14.0 Å². The average molecular weight is 720 g/mol. The highest BCUT2D eigenvalue weighted by Crippen LogP contribution is 2.53. The third-order valence-electron chi connectivity index (χ3n) is 8.44. The molecule has 2 aliphatic rings. The highest BCUT2D eigenvalue weighted by atomic mass is 31.2. The van der Waals surface area contributed by atoms with E-state index < -0.39 is 30.4 Å². The van der Waals surface area contributed by atoms with Crippen molar-refractivity contribution in [2.75, 3.05) is 19.7 Å². The molecule has 0 aliphatic carbocycles. The molecule has 0 saturated carbocycles. The van der Waals surface area contributed by atoms with E-state index in [1.165, 1.54) is 18.2 Å². The van der Waals surface area contributed by atoms with Gasteiger partial charge in [0, 0.05) is 25.3 Å². The Balaban J connectivity index is 1.21. The van der Waals surface area contributed by atoms with E-state index in [1.54, 1.807) is 12.1 Å². The average Bonchev–Trinajstić information content (AvgIpc) is 3.37. The van der Waals surface area contributed by atoms with Crippen molar-refractivity contribution in [3.8, 4) is 11.9 Å². The molecule has 1 fully saturated rings. The van der Waals surface area contributed by atoms with Crippen LogP contribution >= 0.6 is 7.60 Å². The molecule has 0 N–H and O–H groups in total. The van der Waals surface area contributed by atoms with E-state index in [-0.39, 0.29) is 29.7 Å². The Labute approximate surface area is 297 Å². The fourth-order valence-corrected chi connectivity index (χ4v) is 8.23. The monoisotopic (exact) mass is 719 g/mol. The molecule has 0 amide bonds. The number of halogens is 2. The Hall–Kier alpha value is -3.98. The molecule has 0 spiro atoms. The summed E-state index contributed by atoms with van der Waals surface area (Å²) in [6.07, 6.45) is 3.75. The van der Waals surface area contributed by atoms with Gasteiger partial charge in [-0.25, -0.2) is 18.7 Å². The smallest absolute Gasteiger partial charge is 0.362 e. The molecule has 1 saturated heterocycles. The van der Waals surface area contributed by atoms with Gasteiger partial charge in [0.15, 0.2) is 5.82 Å². The minimum Gasteiger partial charge on any atom is -0.471 e. The number of nitrogens with zero attached hydrogens (tertiary/aromatic N) is 5. The predicted molar refractivity (Wildman–Crippen MR) is 191 cm³/mol. The van der Waals surface area contributed by atoms with Crippen LogP contribution in [0.4, 0.5) is 8.78 Å². The number of rotatable bonds is 11. The Morgan fingerprint density at radius 1 is 1.00 bits per heavy atom. The van der Waals surface area contributed by atoms with Crippen molar-refractivity contribution >= 4 is 29.5 Å². The lowest BCUT2D eigenvalue weighted by Crippen LogP contribution is -2.34. The Kier molecular flexibility index (Phi) is 10.5. The molecule has 51 heavy (non-hydrogen) atoms. The van der Waals surface area contributed by atoms with Crippen LogP contribution in [0.25, 0.3) is 16.6 Å². The second kappa shape index (κ2) is 14.6. The number of hydrogen-bond donors (Lipinski definition) is 0. The van der Waals surface area contributed by atoms with E-state index >= 15 is 0 Å². The molecule has 4 heterocycles. The SMILES string of the molecule is CC(C)(C)OP(=O)(OC(C)(C)C)c1ccc2nc(CN3CC=C(c4ccc(F)c(OCc5ccc(C#N)cc5F)n4)CC3)n(C[C@@H]3CCO3)c2c1. The third kappa shape index (κ3) is 8.91. The van der Waals surface area contributed by atoms with E-state index in [9.17, 15) is 13.3 Å². The van der Waals surface area contributed by atoms with Crippen molar-refractivity contribution in [1.29, 1.82) is 5.26 Å². The van der Waals surface area contributed by atoms with Crippen molar-refractivity contribution in [2.24, 2.45) is 0 Å². The molecule has 10 nitrogen and oxygen atoms in total. The van der Waals surface area contributed by atoms with Crippen LogP contribution in [0.2, 0.25) is 0 Å². The summed E-state index contributed by atoms with van der Waals surface area (Å²) in [5.74, 6) is -0.590. The quantitative estimate of drug-likeness (QED) is 0.144. The zero-order valence-electron chi connectivity index (χ0n) is 29.9. The Morgan fingerprint density at radius 2 is 1.75 bits per heavy atom. The van der Waals surface area contributed by atoms with E-state index in [1.807, 2.05) is 59.7 Å². The second-order valence-electron chi connectivity index (χ2n) is 14.9. The van der Waals surface area contributed by atoms with Crippen LogP contribution in [-0.2, 0) is 38.0 Å². The van der Waals surface area contributed by atoms with Gasteiger partial charge in [-0.05, 0) is 102 Å². The maximum Gasteiger partial charge on any atom is 0.362 e. The molecule has 1 atom stereocenters. The molecule has 0 unspecified atom stereocenters. The van der Waals surface area contributed by atoms with Gasteiger partial charge >= 0.3 is 7.60 Å². The van der Waals surface area contributed by atoms with Gasteiger partial charge in [-0.2, -0.15) is 5.26 Å². The molecular formula is C38H44F2N5O5P. The number of imidazole rings is 1. The molecule has 270 valence electrons. The third-order valence-corrected chi connectivity index (χ3v) is 10.9. The van der Waals surface area contributed by atoms with E-state index in [0.717, 1.165) is 41.5 Å². The summed E-state index contributed by atoms with van der Waals surface area (Å²) >= 11 is 0. The van der Waals surface area contributed by atoms with Gasteiger partial charge in [0.1, 0.15) is 18.2 Å². The van der Waals surface area contributed by atoms with Crippen LogP contribution in [-0.4, -0.2) is 56.4 Å². The van der Waals surface area contributed by atoms with Crippen LogP contribution in [0.5, 0.6) is 5.88 Å². The molecule has 2 aliphatic heterocycles. The number of pyridine rings is 1. The number of hydrogen-bond acceptors (Lipinski definition) is 9. The van der Waals surface area contributed by atoms with Crippen molar-refractivity contribution in [3.63, 3.8) is 0 Å². The highest BCUT2D eigenvalue weighted by molar-refractivity contribution is 7.62. The van der Waals surface area contributed by atoms with Crippen molar-refractivity contribution < 1.29 is 31.9 Å². The molecule has 0 radical (unpaired) electrons. The molecule has 2 aromatic heterocycles. The molecule has 6 rings (SSSR count). The normalized spacial score (nSPS) is 17.2. The number of aromatic nitrogens is 3. The number of fused-ring (bicyclic) bond motifs is 1. The minimum absolute atomic E-state index is 0.0653. The van der Waals surface area contributed by atoms with Gasteiger partial charge in [0.05, 0.1) is 64.1 Å². The largest absolute Gasteiger partial charge is 0.471 e. The first-order chi connectivity index (χ1) is 24.1. The predicted octanol–water partition coefficient (Wildman–Crippen LogP) is 7.69. The lowest BCUT2D eigenvalue weighted by atomic mass is 10.0. The van der Waals surface area contributed by atoms with Gasteiger partial charge in [-0.15, -0.1) is 0 Å². The highest BCUT2D eigenvalue weighted by Gasteiger charge is 2.38. The standard InChI is InChI=1S/C38H44F2N5O5P/c1-37(2,3)49-51(46,50-38(4,5)6)29-9-11-33-34(20-29)45(22-28-15-18-47-28)35(42-33)23-44-16-13-26(14-17-44)32-12-10-30(39)36(43-32)48-24-27-8-7-25(21-41)19-31(27)40/h7-13,19-20,28H,14-18,22-24H2,1-6H3/t28-/m0/s1. The van der Waals surface area contributed by atoms with E-state index in [0.29, 0.717) is 43.6 Å². The first-order valence-corrected chi connectivity index (χ1v) is 18.7. The zero-order chi connectivity index (χ0) is 36.6. The van der Waals surface area contributed by atoms with Gasteiger partial charge in [-0.3, -0.25) is 18.5 Å². The summed E-state index contributed by atoms with van der Waals surface area (Å²) in [6, 6.07) is 14.4. The molecule has 13 heteroatoms. The van der Waals surface area contributed by atoms with E-state index in [2.05, 4.69) is 20.5 Å². The fourth-order valence-electron chi connectivity index (χ4n) is 6.00. The van der Waals surface area contributed by atoms with E-state index in [4.69, 9.17) is 28.8 Å². The van der Waals surface area contributed by atoms with Crippen LogP contribution in [0.3, 0.4) is 0 Å². The number of nitriles is 1. The zero-order valence-corrected chi connectivity index (χ0v) is 30.8. The molecule has 4 aromatic rings. The fraction of sp³-hybridized carbons (Fsp3) is 0.447. The maximum absolute atomic E-state index is 14.6. The lowest BCUT2D eigenvalue weighted by Gasteiger charge is -2.32. The first kappa shape index (κ1) is 36.8. The van der Waals surface area contributed by atoms with Gasteiger partial charge in [0.25, 0.3) is 5.88 Å². The van der Waals surface area contributed by atoms with Gasteiger partial charge in [0.2, 0.25) is 0 Å². The van der Waals surface area contributed by atoms with Gasteiger partial charge in [-0.1, -0.05) is 12.1 Å². The molecule has 0 bridgehead atoms. The Bertz CT molecular complexity index is 2020. The van der Waals surface area contributed by atoms with Crippen molar-refractivity contribution in [1.82, 2.24) is 19.4 Å². The molecular weight excluding hydrogens is 675 g/mol. The van der Waals surface area contributed by atoms with Crippen molar-refractivity contribution in [3.05, 3.63) is 88.9 Å². The number of benzene rings is 2. The van der Waals surface area contributed by atoms with Crippen LogP contribution < -0.4 is 10.0 Å². The van der Waals surface area contributed by atoms with Crippen LogP contribution in [0, 0.1) is 23.0 Å². The summed E-state index contributed by atoms with van der Waals surface area (Å²) in [5.41, 5.74) is 2.15. The minimum atomic E-state index is -3.72. The number of ether oxygens (including phenoxy) is 2. The Morgan fingerprint density at radius 3 is 2.35 bits per heavy atom. The first-order valence-electron chi connectivity index (χ1n) is 17.1. The summed E-state index contributed by atoms with van der Waals surface area (Å²) in [7, 11) is -3.72. The summed E-state index contributed by atoms with van der Waals surface area (Å²) in [5, 5.41) is 9.45. The molecule has 2 aromatic carbocycles. The second-order valence-corrected chi connectivity index (χ2v) is 16.8. The van der Waals surface area contributed by atoms with Crippen molar-refractivity contribution in [2.45, 2.75) is 91.4 Å². The lowest BCUT2D eigenvalue weighted by molar-refractivity contribution is -0.0591. The maximum atomic E-state index is 14.6. The summed E-state index contributed by atoms with van der Waals surface area (Å²) in [6.45, 7) is 14.2.